The quantitative estimate of drug-likeness (QED) is 0.597. The van der Waals surface area contributed by atoms with Crippen LogP contribution in [0.1, 0.15) is 37.7 Å². The number of para-hydroxylation sites is 1. The number of rotatable bonds is 6. The van der Waals surface area contributed by atoms with Crippen molar-refractivity contribution in [3.8, 4) is 0 Å². The van der Waals surface area contributed by atoms with E-state index in [0.717, 1.165) is 61.9 Å². The fourth-order valence-electron chi connectivity index (χ4n) is 4.83. The fraction of sp³-hybridized carbons (Fsp3) is 0.440. The number of nitrogens with one attached hydrogen (secondary N) is 2. The molecule has 2 aliphatic rings. The predicted molar refractivity (Wildman–Crippen MR) is 130 cm³/mol. The molecule has 0 unspecified atom stereocenters. The number of carbonyl (C=O) groups is 2. The van der Waals surface area contributed by atoms with Gasteiger partial charge in [-0.05, 0) is 42.7 Å². The maximum absolute atomic E-state index is 13.1. The van der Waals surface area contributed by atoms with Crippen LogP contribution in [0.25, 0.3) is 0 Å². The number of hydrogen-bond acceptors (Lipinski definition) is 4. The topological polar surface area (TPSA) is 64.7 Å². The van der Waals surface area contributed by atoms with Crippen LogP contribution in [0.2, 0.25) is 0 Å². The van der Waals surface area contributed by atoms with Crippen LogP contribution in [-0.4, -0.2) is 49.4 Å². The second-order valence-electron chi connectivity index (χ2n) is 8.71. The van der Waals surface area contributed by atoms with Crippen molar-refractivity contribution in [1.82, 2.24) is 15.8 Å². The van der Waals surface area contributed by atoms with E-state index in [-0.39, 0.29) is 11.8 Å². The molecule has 1 saturated carbocycles. The molecular weight excluding hydrogens is 468 g/mol. The first kappa shape index (κ1) is 22.8. The maximum Gasteiger partial charge on any atom is 0.249 e. The summed E-state index contributed by atoms with van der Waals surface area (Å²) in [5, 5.41) is 0. The number of carbonyl (C=O) groups excluding carboxylic acids is 2. The van der Waals surface area contributed by atoms with Crippen LogP contribution < -0.4 is 15.8 Å². The van der Waals surface area contributed by atoms with Gasteiger partial charge < -0.3 is 4.90 Å². The van der Waals surface area contributed by atoms with Crippen molar-refractivity contribution >= 4 is 33.4 Å². The monoisotopic (exact) mass is 498 g/mol. The molecule has 7 heteroatoms. The van der Waals surface area contributed by atoms with Crippen LogP contribution in [0.4, 0.5) is 5.69 Å². The van der Waals surface area contributed by atoms with Gasteiger partial charge in [-0.1, -0.05) is 59.1 Å². The SMILES string of the molecule is O=C(CCN1CCN(c2ccccc2)CC1)NNC(=O)C1(c2ccc(Br)cc2)CCCC1. The van der Waals surface area contributed by atoms with Crippen LogP contribution in [0.3, 0.4) is 0 Å². The van der Waals surface area contributed by atoms with E-state index in [1.807, 2.05) is 30.3 Å². The van der Waals surface area contributed by atoms with Crippen LogP contribution in [0, 0.1) is 0 Å². The largest absolute Gasteiger partial charge is 0.369 e. The highest BCUT2D eigenvalue weighted by Crippen LogP contribution is 2.41. The van der Waals surface area contributed by atoms with Gasteiger partial charge in [0.25, 0.3) is 0 Å². The maximum atomic E-state index is 13.1. The molecule has 170 valence electrons. The Morgan fingerprint density at radius 3 is 2.19 bits per heavy atom. The van der Waals surface area contributed by atoms with Crippen LogP contribution >= 0.6 is 15.9 Å². The molecule has 0 radical (unpaired) electrons. The Kier molecular flexibility index (Phi) is 7.48. The standard InChI is InChI=1S/C25H31BrN4O2/c26-21-10-8-20(9-11-21)25(13-4-5-14-25)24(32)28-27-23(31)12-15-29-16-18-30(19-17-29)22-6-2-1-3-7-22/h1-3,6-11H,4-5,12-19H2,(H,27,31)(H,28,32). The summed E-state index contributed by atoms with van der Waals surface area (Å²) >= 11 is 3.46. The third-order valence-electron chi connectivity index (χ3n) is 6.75. The zero-order valence-electron chi connectivity index (χ0n) is 18.4. The first-order valence-electron chi connectivity index (χ1n) is 11.4. The minimum atomic E-state index is -0.554. The Bertz CT molecular complexity index is 905. The Morgan fingerprint density at radius 2 is 1.53 bits per heavy atom. The molecule has 1 aliphatic carbocycles. The molecule has 0 atom stereocenters. The van der Waals surface area contributed by atoms with Gasteiger partial charge in [0.2, 0.25) is 11.8 Å². The second kappa shape index (κ2) is 10.5. The molecule has 2 fully saturated rings. The molecule has 1 saturated heterocycles. The summed E-state index contributed by atoms with van der Waals surface area (Å²) in [4.78, 5) is 30.2. The van der Waals surface area contributed by atoms with Gasteiger partial charge in [-0.15, -0.1) is 0 Å². The summed E-state index contributed by atoms with van der Waals surface area (Å²) in [5.41, 5.74) is 7.08. The number of hydrogen-bond donors (Lipinski definition) is 2. The molecule has 0 aromatic heterocycles. The third kappa shape index (κ3) is 5.33. The molecule has 32 heavy (non-hydrogen) atoms. The summed E-state index contributed by atoms with van der Waals surface area (Å²) in [6, 6.07) is 18.4. The minimum Gasteiger partial charge on any atom is -0.369 e. The summed E-state index contributed by atoms with van der Waals surface area (Å²) in [6.07, 6.45) is 4.03. The average Bonchev–Trinajstić information content (AvgIpc) is 3.34. The number of halogens is 1. The average molecular weight is 499 g/mol. The lowest BCUT2D eigenvalue weighted by Crippen LogP contribution is -2.51. The molecule has 0 bridgehead atoms. The first-order chi connectivity index (χ1) is 15.6. The summed E-state index contributed by atoms with van der Waals surface area (Å²) < 4.78 is 0.993. The molecular formula is C25H31BrN4O2. The van der Waals surface area contributed by atoms with E-state index in [2.05, 4.69) is 60.8 Å². The lowest BCUT2D eigenvalue weighted by molar-refractivity contribution is -0.132. The van der Waals surface area contributed by atoms with E-state index in [1.54, 1.807) is 0 Å². The molecule has 2 N–H and O–H groups in total. The van der Waals surface area contributed by atoms with Crippen molar-refractivity contribution in [2.45, 2.75) is 37.5 Å². The number of piperazine rings is 1. The number of hydrazine groups is 1. The molecule has 2 aromatic rings. The molecule has 2 aromatic carbocycles. The zero-order valence-corrected chi connectivity index (χ0v) is 19.9. The third-order valence-corrected chi connectivity index (χ3v) is 7.28. The van der Waals surface area contributed by atoms with Gasteiger partial charge in [-0.2, -0.15) is 0 Å². The summed E-state index contributed by atoms with van der Waals surface area (Å²) in [6.45, 7) is 4.47. The molecule has 1 heterocycles. The van der Waals surface area contributed by atoms with E-state index in [1.165, 1.54) is 5.69 Å². The minimum absolute atomic E-state index is 0.109. The highest BCUT2D eigenvalue weighted by atomic mass is 79.9. The number of amides is 2. The summed E-state index contributed by atoms with van der Waals surface area (Å²) in [7, 11) is 0. The predicted octanol–water partition coefficient (Wildman–Crippen LogP) is 3.62. The second-order valence-corrected chi connectivity index (χ2v) is 9.63. The van der Waals surface area contributed by atoms with Crippen LogP contribution in [0.5, 0.6) is 0 Å². The van der Waals surface area contributed by atoms with Gasteiger partial charge in [-0.25, -0.2) is 0 Å². The van der Waals surface area contributed by atoms with E-state index in [0.29, 0.717) is 13.0 Å². The number of anilines is 1. The smallest absolute Gasteiger partial charge is 0.249 e. The highest BCUT2D eigenvalue weighted by molar-refractivity contribution is 9.10. The Balaban J connectivity index is 1.22. The van der Waals surface area contributed by atoms with Crippen molar-refractivity contribution < 1.29 is 9.59 Å². The van der Waals surface area contributed by atoms with Gasteiger partial charge in [0.05, 0.1) is 5.41 Å². The van der Waals surface area contributed by atoms with E-state index >= 15 is 0 Å². The zero-order chi connectivity index (χ0) is 22.4. The van der Waals surface area contributed by atoms with E-state index < -0.39 is 5.41 Å². The first-order valence-corrected chi connectivity index (χ1v) is 12.2. The molecule has 6 nitrogen and oxygen atoms in total. The van der Waals surface area contributed by atoms with Gasteiger partial charge in [0.15, 0.2) is 0 Å². The van der Waals surface area contributed by atoms with Gasteiger partial charge in [0, 0.05) is 49.3 Å². The number of nitrogens with zero attached hydrogens (tertiary/aromatic N) is 2. The van der Waals surface area contributed by atoms with E-state index in [9.17, 15) is 9.59 Å². The normalized spacial score (nSPS) is 18.3. The van der Waals surface area contributed by atoms with Crippen molar-refractivity contribution in [3.63, 3.8) is 0 Å². The molecule has 2 amide bonds. The van der Waals surface area contributed by atoms with Crippen LogP contribution in [-0.2, 0) is 15.0 Å². The molecule has 4 rings (SSSR count). The lowest BCUT2D eigenvalue weighted by Gasteiger charge is -2.36. The molecule has 0 spiro atoms. The Morgan fingerprint density at radius 1 is 0.875 bits per heavy atom. The van der Waals surface area contributed by atoms with Crippen LogP contribution in [0.15, 0.2) is 59.1 Å². The van der Waals surface area contributed by atoms with Gasteiger partial charge in [0.1, 0.15) is 0 Å². The fourth-order valence-corrected chi connectivity index (χ4v) is 5.10. The lowest BCUT2D eigenvalue weighted by atomic mass is 9.78. The van der Waals surface area contributed by atoms with E-state index in [4.69, 9.17) is 0 Å². The molecule has 1 aliphatic heterocycles. The van der Waals surface area contributed by atoms with Crippen molar-refractivity contribution in [3.05, 3.63) is 64.6 Å². The summed E-state index contributed by atoms with van der Waals surface area (Å²) in [5.74, 6) is -0.255. The Hall–Kier alpha value is -2.38. The highest BCUT2D eigenvalue weighted by Gasteiger charge is 2.42. The van der Waals surface area contributed by atoms with Crippen molar-refractivity contribution in [1.29, 1.82) is 0 Å². The van der Waals surface area contributed by atoms with Crippen molar-refractivity contribution in [2.75, 3.05) is 37.6 Å². The number of benzene rings is 2. The van der Waals surface area contributed by atoms with Crippen molar-refractivity contribution in [2.24, 2.45) is 0 Å². The van der Waals surface area contributed by atoms with Gasteiger partial charge >= 0.3 is 0 Å². The van der Waals surface area contributed by atoms with Gasteiger partial charge in [-0.3, -0.25) is 25.3 Å². The Labute approximate surface area is 198 Å².